The highest BCUT2D eigenvalue weighted by atomic mass is 16.3. The Balaban J connectivity index is 2.07. The van der Waals surface area contributed by atoms with Crippen LogP contribution in [0.25, 0.3) is 0 Å². The van der Waals surface area contributed by atoms with Crippen molar-refractivity contribution in [3.63, 3.8) is 0 Å². The summed E-state index contributed by atoms with van der Waals surface area (Å²) in [6, 6.07) is 4.45. The van der Waals surface area contributed by atoms with E-state index >= 15 is 0 Å². The summed E-state index contributed by atoms with van der Waals surface area (Å²) in [5, 5.41) is 7.81. The highest BCUT2D eigenvalue weighted by Crippen LogP contribution is 2.22. The molecule has 2 unspecified atom stereocenters. The Morgan fingerprint density at radius 3 is 2.44 bits per heavy atom. The normalized spacial score (nSPS) is 14.7. The molecule has 2 atom stereocenters. The second-order valence-electron chi connectivity index (χ2n) is 4.87. The highest BCUT2D eigenvalue weighted by molar-refractivity contribution is 5.20. The van der Waals surface area contributed by atoms with Crippen molar-refractivity contribution >= 4 is 0 Å². The van der Waals surface area contributed by atoms with E-state index in [2.05, 4.69) is 31.2 Å². The molecule has 1 N–H and O–H groups in total. The zero-order valence-corrected chi connectivity index (χ0v) is 11.7. The van der Waals surface area contributed by atoms with Gasteiger partial charge in [-0.25, -0.2) is 0 Å². The standard InChI is InChI=1S/C14H21N3O/c1-9-6-7-14(18-9)11(3)16-10(2)13-8-15-17(5)12(13)4/h6-8,10-11,16H,1-5H3. The summed E-state index contributed by atoms with van der Waals surface area (Å²) in [4.78, 5) is 0. The van der Waals surface area contributed by atoms with E-state index in [9.17, 15) is 0 Å². The quantitative estimate of drug-likeness (QED) is 0.903. The van der Waals surface area contributed by atoms with Gasteiger partial charge in [-0.1, -0.05) is 0 Å². The van der Waals surface area contributed by atoms with Gasteiger partial charge in [-0.3, -0.25) is 4.68 Å². The van der Waals surface area contributed by atoms with Crippen molar-refractivity contribution < 1.29 is 4.42 Å². The Morgan fingerprint density at radius 1 is 1.22 bits per heavy atom. The minimum atomic E-state index is 0.188. The molecule has 4 nitrogen and oxygen atoms in total. The first kappa shape index (κ1) is 12.9. The number of hydrogen-bond acceptors (Lipinski definition) is 3. The third-order valence-corrected chi connectivity index (χ3v) is 3.43. The molecule has 18 heavy (non-hydrogen) atoms. The largest absolute Gasteiger partial charge is 0.465 e. The third-order valence-electron chi connectivity index (χ3n) is 3.43. The average molecular weight is 247 g/mol. The summed E-state index contributed by atoms with van der Waals surface area (Å²) in [5.41, 5.74) is 2.42. The van der Waals surface area contributed by atoms with Gasteiger partial charge in [0.1, 0.15) is 11.5 Å². The summed E-state index contributed by atoms with van der Waals surface area (Å²) in [5.74, 6) is 1.92. The van der Waals surface area contributed by atoms with Crippen molar-refractivity contribution in [1.29, 1.82) is 0 Å². The number of rotatable bonds is 4. The predicted octanol–water partition coefficient (Wildman–Crippen LogP) is 3.04. The van der Waals surface area contributed by atoms with Crippen LogP contribution in [0.15, 0.2) is 22.7 Å². The fourth-order valence-electron chi connectivity index (χ4n) is 2.17. The molecule has 0 saturated heterocycles. The summed E-state index contributed by atoms with van der Waals surface area (Å²) in [7, 11) is 1.96. The first-order valence-corrected chi connectivity index (χ1v) is 6.30. The minimum Gasteiger partial charge on any atom is -0.465 e. The van der Waals surface area contributed by atoms with Crippen LogP contribution in [0.3, 0.4) is 0 Å². The summed E-state index contributed by atoms with van der Waals surface area (Å²) >= 11 is 0. The molecule has 4 heteroatoms. The molecule has 2 aromatic rings. The van der Waals surface area contributed by atoms with Gasteiger partial charge in [-0.05, 0) is 39.8 Å². The van der Waals surface area contributed by atoms with E-state index < -0.39 is 0 Å². The Morgan fingerprint density at radius 2 is 1.94 bits per heavy atom. The van der Waals surface area contributed by atoms with E-state index in [1.165, 1.54) is 11.3 Å². The van der Waals surface area contributed by atoms with Crippen molar-refractivity contribution in [2.24, 2.45) is 7.05 Å². The lowest BCUT2D eigenvalue weighted by Crippen LogP contribution is -2.22. The second-order valence-corrected chi connectivity index (χ2v) is 4.87. The molecular weight excluding hydrogens is 226 g/mol. The van der Waals surface area contributed by atoms with Gasteiger partial charge in [0.05, 0.1) is 12.2 Å². The molecule has 2 rings (SSSR count). The van der Waals surface area contributed by atoms with Crippen LogP contribution in [0.4, 0.5) is 0 Å². The fraction of sp³-hybridized carbons (Fsp3) is 0.500. The lowest BCUT2D eigenvalue weighted by Gasteiger charge is -2.18. The highest BCUT2D eigenvalue weighted by Gasteiger charge is 2.16. The Kier molecular flexibility index (Phi) is 3.57. The van der Waals surface area contributed by atoms with Gasteiger partial charge in [-0.2, -0.15) is 5.10 Å². The fourth-order valence-corrected chi connectivity index (χ4v) is 2.17. The van der Waals surface area contributed by atoms with Crippen molar-refractivity contribution in [2.75, 3.05) is 0 Å². The van der Waals surface area contributed by atoms with Gasteiger partial charge in [0, 0.05) is 24.3 Å². The van der Waals surface area contributed by atoms with Crippen LogP contribution in [0.2, 0.25) is 0 Å². The topological polar surface area (TPSA) is 43.0 Å². The number of aryl methyl sites for hydroxylation is 2. The maximum absolute atomic E-state index is 5.63. The van der Waals surface area contributed by atoms with Crippen LogP contribution >= 0.6 is 0 Å². The molecule has 0 aliphatic heterocycles. The Hall–Kier alpha value is -1.55. The molecule has 2 heterocycles. The van der Waals surface area contributed by atoms with Crippen molar-refractivity contribution in [2.45, 2.75) is 39.8 Å². The number of furan rings is 1. The molecule has 0 saturated carbocycles. The summed E-state index contributed by atoms with van der Waals surface area (Å²) in [6.45, 7) is 8.31. The van der Waals surface area contributed by atoms with Crippen molar-refractivity contribution in [3.8, 4) is 0 Å². The van der Waals surface area contributed by atoms with E-state index in [0.717, 1.165) is 11.5 Å². The van der Waals surface area contributed by atoms with Gasteiger partial charge < -0.3 is 9.73 Å². The van der Waals surface area contributed by atoms with Crippen LogP contribution in [-0.2, 0) is 7.05 Å². The molecule has 2 aromatic heterocycles. The van der Waals surface area contributed by atoms with Crippen LogP contribution < -0.4 is 5.32 Å². The zero-order chi connectivity index (χ0) is 13.3. The van der Waals surface area contributed by atoms with Crippen LogP contribution in [-0.4, -0.2) is 9.78 Å². The summed E-state index contributed by atoms with van der Waals surface area (Å²) < 4.78 is 7.53. The average Bonchev–Trinajstić information content (AvgIpc) is 2.87. The van der Waals surface area contributed by atoms with Crippen molar-refractivity contribution in [3.05, 3.63) is 41.1 Å². The van der Waals surface area contributed by atoms with E-state index in [4.69, 9.17) is 4.42 Å². The maximum atomic E-state index is 5.63. The van der Waals surface area contributed by atoms with Gasteiger partial charge in [0.15, 0.2) is 0 Å². The molecule has 0 fully saturated rings. The molecule has 0 bridgehead atoms. The Bertz CT molecular complexity index is 527. The van der Waals surface area contributed by atoms with E-state index in [0.29, 0.717) is 0 Å². The molecule has 0 aliphatic carbocycles. The van der Waals surface area contributed by atoms with Crippen LogP contribution in [0.1, 0.15) is 48.7 Å². The van der Waals surface area contributed by atoms with Crippen LogP contribution in [0, 0.1) is 13.8 Å². The SMILES string of the molecule is Cc1ccc(C(C)NC(C)c2cnn(C)c2C)o1. The van der Waals surface area contributed by atoms with Gasteiger partial charge in [-0.15, -0.1) is 0 Å². The Labute approximate surface area is 108 Å². The van der Waals surface area contributed by atoms with Gasteiger partial charge >= 0.3 is 0 Å². The minimum absolute atomic E-state index is 0.188. The van der Waals surface area contributed by atoms with E-state index in [1.807, 2.05) is 37.0 Å². The predicted molar refractivity (Wildman–Crippen MR) is 71.4 cm³/mol. The van der Waals surface area contributed by atoms with Gasteiger partial charge in [0.2, 0.25) is 0 Å². The monoisotopic (exact) mass is 247 g/mol. The van der Waals surface area contributed by atoms with Gasteiger partial charge in [0.25, 0.3) is 0 Å². The van der Waals surface area contributed by atoms with Crippen LogP contribution in [0.5, 0.6) is 0 Å². The number of hydrogen-bond donors (Lipinski definition) is 1. The zero-order valence-electron chi connectivity index (χ0n) is 11.7. The number of nitrogens with one attached hydrogen (secondary N) is 1. The first-order valence-electron chi connectivity index (χ1n) is 6.30. The van der Waals surface area contributed by atoms with Crippen molar-refractivity contribution in [1.82, 2.24) is 15.1 Å². The first-order chi connectivity index (χ1) is 8.49. The maximum Gasteiger partial charge on any atom is 0.120 e. The lowest BCUT2D eigenvalue weighted by atomic mass is 10.1. The second kappa shape index (κ2) is 4.98. The summed E-state index contributed by atoms with van der Waals surface area (Å²) in [6.07, 6.45) is 1.92. The molecular formula is C14H21N3O. The number of nitrogens with zero attached hydrogens (tertiary/aromatic N) is 2. The molecule has 0 spiro atoms. The molecule has 0 aliphatic rings. The van der Waals surface area contributed by atoms with E-state index in [-0.39, 0.29) is 12.1 Å². The number of aromatic nitrogens is 2. The molecule has 98 valence electrons. The third kappa shape index (κ3) is 2.48. The molecule has 0 radical (unpaired) electrons. The molecule has 0 amide bonds. The smallest absolute Gasteiger partial charge is 0.120 e. The molecule has 0 aromatic carbocycles. The lowest BCUT2D eigenvalue weighted by molar-refractivity contribution is 0.392. The van der Waals surface area contributed by atoms with E-state index in [1.54, 1.807) is 0 Å².